The van der Waals surface area contributed by atoms with Gasteiger partial charge >= 0.3 is 0 Å². The van der Waals surface area contributed by atoms with E-state index in [-0.39, 0.29) is 0 Å². The molecule has 2 aromatic rings. The molecule has 1 aromatic carbocycles. The zero-order chi connectivity index (χ0) is 15.5. The van der Waals surface area contributed by atoms with Crippen molar-refractivity contribution in [1.29, 1.82) is 0 Å². The highest BCUT2D eigenvalue weighted by Gasteiger charge is 2.27. The van der Waals surface area contributed by atoms with Crippen molar-refractivity contribution < 1.29 is 4.74 Å². The molecule has 1 fully saturated rings. The predicted octanol–water partition coefficient (Wildman–Crippen LogP) is 3.64. The third-order valence-corrected chi connectivity index (χ3v) is 4.11. The van der Waals surface area contributed by atoms with Gasteiger partial charge in [0.05, 0.1) is 18.5 Å². The molecule has 3 rings (SSSR count). The van der Waals surface area contributed by atoms with Crippen molar-refractivity contribution in [2.45, 2.75) is 51.7 Å². The number of benzene rings is 1. The lowest BCUT2D eigenvalue weighted by molar-refractivity contribution is 0.414. The Morgan fingerprint density at radius 3 is 2.55 bits per heavy atom. The summed E-state index contributed by atoms with van der Waals surface area (Å²) in [4.78, 5) is 0. The van der Waals surface area contributed by atoms with Gasteiger partial charge in [-0.3, -0.25) is 4.68 Å². The molecule has 118 valence electrons. The lowest BCUT2D eigenvalue weighted by Crippen LogP contribution is -2.17. The van der Waals surface area contributed by atoms with Gasteiger partial charge in [0.2, 0.25) is 0 Å². The van der Waals surface area contributed by atoms with Crippen LogP contribution in [0.15, 0.2) is 30.3 Å². The normalized spacial score (nSPS) is 14.5. The fraction of sp³-hybridized carbons (Fsp3) is 0.500. The molecule has 1 N–H and O–H groups in total. The molecular weight excluding hydrogens is 274 g/mol. The lowest BCUT2D eigenvalue weighted by atomic mass is 10.2. The van der Waals surface area contributed by atoms with E-state index in [9.17, 15) is 0 Å². The Kier molecular flexibility index (Phi) is 4.48. The van der Waals surface area contributed by atoms with Crippen molar-refractivity contribution in [1.82, 2.24) is 15.1 Å². The largest absolute Gasteiger partial charge is 0.497 e. The number of ether oxygens (including phenoxy) is 1. The summed E-state index contributed by atoms with van der Waals surface area (Å²) in [6.07, 6.45) is 2.60. The van der Waals surface area contributed by atoms with Crippen molar-refractivity contribution >= 4 is 0 Å². The maximum atomic E-state index is 5.18. The van der Waals surface area contributed by atoms with Crippen LogP contribution in [0.2, 0.25) is 0 Å². The van der Waals surface area contributed by atoms with Crippen molar-refractivity contribution in [3.8, 4) is 5.75 Å². The van der Waals surface area contributed by atoms with E-state index in [0.29, 0.717) is 12.0 Å². The van der Waals surface area contributed by atoms with Gasteiger partial charge in [-0.15, -0.1) is 0 Å². The standard InChI is InChI=1S/C18H25N3O/c1-13(2)21-16(10-18(20-21)15-6-7-15)12-19-11-14-4-8-17(22-3)9-5-14/h4-5,8-10,13,15,19H,6-7,11-12H2,1-3H3. The molecule has 1 saturated carbocycles. The molecular formula is C18H25N3O. The van der Waals surface area contributed by atoms with Gasteiger partial charge in [0, 0.05) is 25.0 Å². The van der Waals surface area contributed by atoms with Crippen molar-refractivity contribution in [3.63, 3.8) is 0 Å². The van der Waals surface area contributed by atoms with Gasteiger partial charge in [-0.1, -0.05) is 12.1 Å². The Morgan fingerprint density at radius 1 is 1.23 bits per heavy atom. The van der Waals surface area contributed by atoms with Crippen LogP contribution in [-0.2, 0) is 13.1 Å². The van der Waals surface area contributed by atoms with Gasteiger partial charge in [-0.2, -0.15) is 5.10 Å². The van der Waals surface area contributed by atoms with Gasteiger partial charge in [0.25, 0.3) is 0 Å². The van der Waals surface area contributed by atoms with Crippen LogP contribution in [-0.4, -0.2) is 16.9 Å². The molecule has 4 nitrogen and oxygen atoms in total. The molecule has 4 heteroatoms. The second kappa shape index (κ2) is 6.53. The Balaban J connectivity index is 1.60. The van der Waals surface area contributed by atoms with E-state index in [1.165, 1.54) is 29.8 Å². The van der Waals surface area contributed by atoms with E-state index >= 15 is 0 Å². The summed E-state index contributed by atoms with van der Waals surface area (Å²) in [6, 6.07) is 10.9. The topological polar surface area (TPSA) is 39.1 Å². The van der Waals surface area contributed by atoms with Crippen LogP contribution in [0.3, 0.4) is 0 Å². The molecule has 1 heterocycles. The smallest absolute Gasteiger partial charge is 0.118 e. The average molecular weight is 299 g/mol. The summed E-state index contributed by atoms with van der Waals surface area (Å²) in [6.45, 7) is 6.09. The second-order valence-electron chi connectivity index (χ2n) is 6.32. The summed E-state index contributed by atoms with van der Waals surface area (Å²) < 4.78 is 7.35. The average Bonchev–Trinajstić information content (AvgIpc) is 3.28. The molecule has 22 heavy (non-hydrogen) atoms. The molecule has 1 aromatic heterocycles. The van der Waals surface area contributed by atoms with Gasteiger partial charge in [0.1, 0.15) is 5.75 Å². The van der Waals surface area contributed by atoms with Gasteiger partial charge in [0.15, 0.2) is 0 Å². The van der Waals surface area contributed by atoms with Crippen LogP contribution in [0.1, 0.15) is 55.6 Å². The highest BCUT2D eigenvalue weighted by Crippen LogP contribution is 2.39. The van der Waals surface area contributed by atoms with Crippen LogP contribution in [0, 0.1) is 0 Å². The maximum absolute atomic E-state index is 5.18. The van der Waals surface area contributed by atoms with Crippen LogP contribution >= 0.6 is 0 Å². The molecule has 0 aliphatic heterocycles. The number of hydrogen-bond donors (Lipinski definition) is 1. The summed E-state index contributed by atoms with van der Waals surface area (Å²) in [5, 5.41) is 8.30. The minimum absolute atomic E-state index is 0.408. The van der Waals surface area contributed by atoms with E-state index < -0.39 is 0 Å². The molecule has 1 aliphatic carbocycles. The Morgan fingerprint density at radius 2 is 1.95 bits per heavy atom. The molecule has 0 spiro atoms. The van der Waals surface area contributed by atoms with Crippen LogP contribution in [0.25, 0.3) is 0 Å². The van der Waals surface area contributed by atoms with Gasteiger partial charge in [-0.05, 0) is 50.5 Å². The van der Waals surface area contributed by atoms with E-state index in [4.69, 9.17) is 9.84 Å². The number of nitrogens with one attached hydrogen (secondary N) is 1. The van der Waals surface area contributed by atoms with Crippen LogP contribution in [0.5, 0.6) is 5.75 Å². The third kappa shape index (κ3) is 3.50. The summed E-state index contributed by atoms with van der Waals surface area (Å²) in [7, 11) is 1.69. The second-order valence-corrected chi connectivity index (χ2v) is 6.32. The predicted molar refractivity (Wildman–Crippen MR) is 88.1 cm³/mol. The van der Waals surface area contributed by atoms with Crippen molar-refractivity contribution in [2.24, 2.45) is 0 Å². The molecule has 1 aliphatic rings. The first-order valence-electron chi connectivity index (χ1n) is 8.09. The molecule has 0 radical (unpaired) electrons. The molecule has 0 atom stereocenters. The number of rotatable bonds is 7. The van der Waals surface area contributed by atoms with Crippen molar-refractivity contribution in [2.75, 3.05) is 7.11 Å². The third-order valence-electron chi connectivity index (χ3n) is 4.11. The molecule has 0 saturated heterocycles. The molecule has 0 amide bonds. The Labute approximate surface area is 132 Å². The first-order chi connectivity index (χ1) is 10.7. The minimum Gasteiger partial charge on any atom is -0.497 e. The fourth-order valence-corrected chi connectivity index (χ4v) is 2.69. The highest BCUT2D eigenvalue weighted by molar-refractivity contribution is 5.27. The first-order valence-corrected chi connectivity index (χ1v) is 8.09. The van der Waals surface area contributed by atoms with E-state index in [1.807, 2.05) is 12.1 Å². The monoisotopic (exact) mass is 299 g/mol. The Bertz CT molecular complexity index is 612. The number of nitrogens with zero attached hydrogens (tertiary/aromatic N) is 2. The maximum Gasteiger partial charge on any atom is 0.118 e. The number of hydrogen-bond acceptors (Lipinski definition) is 3. The van der Waals surface area contributed by atoms with Gasteiger partial charge < -0.3 is 10.1 Å². The molecule has 0 bridgehead atoms. The van der Waals surface area contributed by atoms with Crippen molar-refractivity contribution in [3.05, 3.63) is 47.3 Å². The Hall–Kier alpha value is -1.81. The summed E-state index contributed by atoms with van der Waals surface area (Å²) in [5.74, 6) is 1.61. The van der Waals surface area contributed by atoms with E-state index in [0.717, 1.165) is 18.8 Å². The lowest BCUT2D eigenvalue weighted by Gasteiger charge is -2.11. The zero-order valence-electron chi connectivity index (χ0n) is 13.7. The summed E-state index contributed by atoms with van der Waals surface area (Å²) >= 11 is 0. The quantitative estimate of drug-likeness (QED) is 0.848. The molecule has 0 unspecified atom stereocenters. The van der Waals surface area contributed by atoms with Crippen LogP contribution < -0.4 is 10.1 Å². The van der Waals surface area contributed by atoms with Crippen LogP contribution in [0.4, 0.5) is 0 Å². The highest BCUT2D eigenvalue weighted by atomic mass is 16.5. The fourth-order valence-electron chi connectivity index (χ4n) is 2.69. The minimum atomic E-state index is 0.408. The van der Waals surface area contributed by atoms with Gasteiger partial charge in [-0.25, -0.2) is 0 Å². The van der Waals surface area contributed by atoms with E-state index in [2.05, 4.69) is 42.0 Å². The van der Waals surface area contributed by atoms with E-state index in [1.54, 1.807) is 7.11 Å². The SMILES string of the molecule is COc1ccc(CNCc2cc(C3CC3)nn2C(C)C)cc1. The summed E-state index contributed by atoms with van der Waals surface area (Å²) in [5.41, 5.74) is 3.82. The number of methoxy groups -OCH3 is 1. The first kappa shape index (κ1) is 15.1. The zero-order valence-corrected chi connectivity index (χ0v) is 13.7. The number of aromatic nitrogens is 2.